The normalized spacial score (nSPS) is 15.1. The summed E-state index contributed by atoms with van der Waals surface area (Å²) in [5.41, 5.74) is 0.567. The number of fused-ring (bicyclic) bond motifs is 1. The summed E-state index contributed by atoms with van der Waals surface area (Å²) in [4.78, 5) is 21.5. The molecule has 4 aromatic rings. The molecule has 0 saturated carbocycles. The standard InChI is InChI=1S/C20H18N4O2S2/c25-20-18-15(16-5-4-10-26-16)12-27-19(18)21-13-24(20)22-11-14-6-7-17(28-14)23-8-2-1-3-9-23/h4-7,10-13H,1-3,8-9H2/b22-11-. The first kappa shape index (κ1) is 17.4. The number of hydrogen-bond donors (Lipinski definition) is 0. The summed E-state index contributed by atoms with van der Waals surface area (Å²) in [7, 11) is 0. The van der Waals surface area contributed by atoms with Crippen molar-refractivity contribution in [3.63, 3.8) is 0 Å². The van der Waals surface area contributed by atoms with Gasteiger partial charge in [-0.05, 0) is 43.5 Å². The van der Waals surface area contributed by atoms with E-state index in [2.05, 4.69) is 21.1 Å². The van der Waals surface area contributed by atoms with E-state index < -0.39 is 0 Å². The van der Waals surface area contributed by atoms with Gasteiger partial charge in [-0.25, -0.2) is 4.98 Å². The van der Waals surface area contributed by atoms with Crippen molar-refractivity contribution in [3.05, 3.63) is 57.5 Å². The fourth-order valence-corrected chi connectivity index (χ4v) is 5.25. The van der Waals surface area contributed by atoms with Crippen LogP contribution in [0.3, 0.4) is 0 Å². The van der Waals surface area contributed by atoms with Crippen molar-refractivity contribution in [3.8, 4) is 11.3 Å². The van der Waals surface area contributed by atoms with Gasteiger partial charge in [0.2, 0.25) is 0 Å². The predicted molar refractivity (Wildman–Crippen MR) is 115 cm³/mol. The average molecular weight is 411 g/mol. The van der Waals surface area contributed by atoms with Gasteiger partial charge in [0.05, 0.1) is 22.9 Å². The number of thiophene rings is 2. The molecule has 0 bridgehead atoms. The third kappa shape index (κ3) is 3.18. The van der Waals surface area contributed by atoms with Crippen LogP contribution in [-0.4, -0.2) is 29.0 Å². The second-order valence-electron chi connectivity index (χ2n) is 6.67. The monoisotopic (exact) mass is 410 g/mol. The molecule has 28 heavy (non-hydrogen) atoms. The lowest BCUT2D eigenvalue weighted by Crippen LogP contribution is -2.28. The molecule has 0 atom stereocenters. The third-order valence-electron chi connectivity index (χ3n) is 4.85. The maximum absolute atomic E-state index is 12.9. The van der Waals surface area contributed by atoms with Crippen molar-refractivity contribution < 1.29 is 4.42 Å². The van der Waals surface area contributed by atoms with Crippen LogP contribution in [0.4, 0.5) is 5.00 Å². The predicted octanol–water partition coefficient (Wildman–Crippen LogP) is 4.65. The van der Waals surface area contributed by atoms with Crippen LogP contribution in [0.15, 0.2) is 56.5 Å². The molecule has 1 aliphatic heterocycles. The van der Waals surface area contributed by atoms with E-state index in [0.29, 0.717) is 16.0 Å². The SMILES string of the molecule is O=c1c2c(-c3ccco3)csc2ncn1/N=C\c1ccc(N2CCCCC2)s1. The Morgan fingerprint density at radius 3 is 2.89 bits per heavy atom. The Labute approximate surface area is 169 Å². The summed E-state index contributed by atoms with van der Waals surface area (Å²) < 4.78 is 6.75. The van der Waals surface area contributed by atoms with E-state index in [9.17, 15) is 4.79 Å². The molecule has 5 heterocycles. The van der Waals surface area contributed by atoms with Gasteiger partial charge < -0.3 is 9.32 Å². The van der Waals surface area contributed by atoms with E-state index in [1.807, 2.05) is 23.6 Å². The maximum atomic E-state index is 12.9. The number of piperidine rings is 1. The van der Waals surface area contributed by atoms with Crippen LogP contribution in [0.2, 0.25) is 0 Å². The Hall–Kier alpha value is -2.71. The minimum Gasteiger partial charge on any atom is -0.464 e. The van der Waals surface area contributed by atoms with E-state index in [1.165, 1.54) is 46.6 Å². The summed E-state index contributed by atoms with van der Waals surface area (Å²) in [5, 5.41) is 8.07. The molecule has 0 N–H and O–H groups in total. The summed E-state index contributed by atoms with van der Waals surface area (Å²) >= 11 is 3.13. The topological polar surface area (TPSA) is 63.6 Å². The first-order valence-electron chi connectivity index (χ1n) is 9.21. The van der Waals surface area contributed by atoms with Gasteiger partial charge in [-0.15, -0.1) is 22.7 Å². The number of anilines is 1. The number of aromatic nitrogens is 2. The molecule has 1 saturated heterocycles. The van der Waals surface area contributed by atoms with E-state index in [0.717, 1.165) is 23.5 Å². The fraction of sp³-hybridized carbons (Fsp3) is 0.250. The molecule has 1 fully saturated rings. The van der Waals surface area contributed by atoms with Gasteiger partial charge in [-0.2, -0.15) is 9.78 Å². The lowest BCUT2D eigenvalue weighted by molar-refractivity contribution is 0.580. The molecule has 0 aliphatic carbocycles. The van der Waals surface area contributed by atoms with Gasteiger partial charge in [-0.3, -0.25) is 4.79 Å². The van der Waals surface area contributed by atoms with Crippen LogP contribution < -0.4 is 10.5 Å². The Morgan fingerprint density at radius 1 is 1.18 bits per heavy atom. The molecule has 0 unspecified atom stereocenters. The molecule has 0 radical (unpaired) electrons. The average Bonchev–Trinajstić information content (AvgIpc) is 3.48. The van der Waals surface area contributed by atoms with Crippen LogP contribution in [0, 0.1) is 0 Å². The Kier molecular flexibility index (Phi) is 4.58. The highest BCUT2D eigenvalue weighted by Crippen LogP contribution is 2.31. The molecule has 4 aromatic heterocycles. The van der Waals surface area contributed by atoms with Gasteiger partial charge in [-0.1, -0.05) is 0 Å². The highest BCUT2D eigenvalue weighted by atomic mass is 32.1. The molecule has 1 aliphatic rings. The van der Waals surface area contributed by atoms with Crippen molar-refractivity contribution in [2.45, 2.75) is 19.3 Å². The second-order valence-corrected chi connectivity index (χ2v) is 8.62. The van der Waals surface area contributed by atoms with Gasteiger partial charge in [0.1, 0.15) is 16.9 Å². The Bertz CT molecular complexity index is 1180. The third-order valence-corrected chi connectivity index (χ3v) is 6.82. The van der Waals surface area contributed by atoms with Gasteiger partial charge in [0, 0.05) is 28.9 Å². The molecular formula is C20H18N4O2S2. The van der Waals surface area contributed by atoms with Crippen molar-refractivity contribution in [2.24, 2.45) is 5.10 Å². The number of rotatable bonds is 4. The highest BCUT2D eigenvalue weighted by molar-refractivity contribution is 7.17. The zero-order valence-corrected chi connectivity index (χ0v) is 16.7. The minimum atomic E-state index is -0.193. The van der Waals surface area contributed by atoms with Crippen molar-refractivity contribution >= 4 is 44.1 Å². The molecule has 8 heteroatoms. The van der Waals surface area contributed by atoms with Crippen LogP contribution in [0.25, 0.3) is 21.5 Å². The largest absolute Gasteiger partial charge is 0.464 e. The summed E-state index contributed by atoms with van der Waals surface area (Å²) in [6.07, 6.45) is 8.62. The zero-order valence-electron chi connectivity index (χ0n) is 15.1. The maximum Gasteiger partial charge on any atom is 0.283 e. The van der Waals surface area contributed by atoms with Crippen LogP contribution in [0.1, 0.15) is 24.1 Å². The number of furan rings is 1. The smallest absolute Gasteiger partial charge is 0.283 e. The zero-order chi connectivity index (χ0) is 18.9. The number of hydrogen-bond acceptors (Lipinski definition) is 7. The molecule has 0 spiro atoms. The van der Waals surface area contributed by atoms with Crippen LogP contribution in [0.5, 0.6) is 0 Å². The van der Waals surface area contributed by atoms with E-state index >= 15 is 0 Å². The second kappa shape index (κ2) is 7.37. The highest BCUT2D eigenvalue weighted by Gasteiger charge is 2.15. The molecule has 6 nitrogen and oxygen atoms in total. The van der Waals surface area contributed by atoms with Crippen LogP contribution >= 0.6 is 22.7 Å². The fourth-order valence-electron chi connectivity index (χ4n) is 3.43. The summed E-state index contributed by atoms with van der Waals surface area (Å²) in [5.74, 6) is 0.663. The van der Waals surface area contributed by atoms with E-state index in [4.69, 9.17) is 4.42 Å². The van der Waals surface area contributed by atoms with Crippen molar-refractivity contribution in [2.75, 3.05) is 18.0 Å². The lowest BCUT2D eigenvalue weighted by atomic mass is 10.1. The summed E-state index contributed by atoms with van der Waals surface area (Å²) in [6, 6.07) is 7.83. The minimum absolute atomic E-state index is 0.193. The molecular weight excluding hydrogens is 392 g/mol. The van der Waals surface area contributed by atoms with Gasteiger partial charge in [0.25, 0.3) is 5.56 Å². The van der Waals surface area contributed by atoms with Crippen molar-refractivity contribution in [1.29, 1.82) is 0 Å². The Balaban J connectivity index is 1.45. The first-order valence-corrected chi connectivity index (χ1v) is 10.9. The van der Waals surface area contributed by atoms with E-state index in [1.54, 1.807) is 23.8 Å². The molecule has 0 aromatic carbocycles. The van der Waals surface area contributed by atoms with E-state index in [-0.39, 0.29) is 5.56 Å². The molecule has 142 valence electrons. The first-order chi connectivity index (χ1) is 13.8. The van der Waals surface area contributed by atoms with Gasteiger partial charge in [0.15, 0.2) is 0 Å². The van der Waals surface area contributed by atoms with Crippen LogP contribution in [-0.2, 0) is 0 Å². The number of nitrogens with zero attached hydrogens (tertiary/aromatic N) is 4. The van der Waals surface area contributed by atoms with Crippen molar-refractivity contribution in [1.82, 2.24) is 9.66 Å². The molecule has 0 amide bonds. The summed E-state index contributed by atoms with van der Waals surface area (Å²) in [6.45, 7) is 2.23. The molecule has 5 rings (SSSR count). The Morgan fingerprint density at radius 2 is 2.07 bits per heavy atom. The quantitative estimate of drug-likeness (QED) is 0.459. The van der Waals surface area contributed by atoms with Gasteiger partial charge >= 0.3 is 0 Å². The lowest BCUT2D eigenvalue weighted by Gasteiger charge is -2.27.